The molecule has 2 amide bonds. The molecular weight excluding hydrogens is 366 g/mol. The second-order valence-electron chi connectivity index (χ2n) is 7.48. The minimum atomic E-state index is -0.807. The van der Waals surface area contributed by atoms with E-state index in [4.69, 9.17) is 0 Å². The molecule has 2 atom stereocenters. The lowest BCUT2D eigenvalue weighted by Gasteiger charge is -2.26. The fraction of sp³-hybridized carbons (Fsp3) is 0.304. The van der Waals surface area contributed by atoms with Crippen LogP contribution in [0.3, 0.4) is 0 Å². The minimum Gasteiger partial charge on any atom is -0.480 e. The van der Waals surface area contributed by atoms with Crippen molar-refractivity contribution in [3.63, 3.8) is 0 Å². The molecule has 0 bridgehead atoms. The highest BCUT2D eigenvalue weighted by Crippen LogP contribution is 2.35. The van der Waals surface area contributed by atoms with Crippen molar-refractivity contribution < 1.29 is 14.7 Å². The van der Waals surface area contributed by atoms with Crippen LogP contribution in [0.1, 0.15) is 37.1 Å². The molecule has 29 heavy (non-hydrogen) atoms. The van der Waals surface area contributed by atoms with Gasteiger partial charge < -0.3 is 20.3 Å². The number of para-hydroxylation sites is 2. The Morgan fingerprint density at radius 1 is 1.14 bits per heavy atom. The van der Waals surface area contributed by atoms with Crippen LogP contribution in [-0.4, -0.2) is 27.7 Å². The minimum absolute atomic E-state index is 0.00960. The second kappa shape index (κ2) is 7.99. The lowest BCUT2D eigenvalue weighted by Crippen LogP contribution is -2.41. The van der Waals surface area contributed by atoms with Gasteiger partial charge in [0, 0.05) is 28.3 Å². The van der Waals surface area contributed by atoms with Crippen molar-refractivity contribution in [2.45, 2.75) is 44.7 Å². The summed E-state index contributed by atoms with van der Waals surface area (Å²) < 4.78 is 1.99. The first-order valence-electron chi connectivity index (χ1n) is 10.0. The van der Waals surface area contributed by atoms with Crippen LogP contribution in [0.15, 0.2) is 54.6 Å². The largest absolute Gasteiger partial charge is 0.480 e. The normalized spacial score (nSPS) is 16.8. The van der Waals surface area contributed by atoms with E-state index in [2.05, 4.69) is 10.6 Å². The van der Waals surface area contributed by atoms with Gasteiger partial charge in [-0.3, -0.25) is 0 Å². The molecule has 6 heteroatoms. The number of carbonyl (C=O) groups is 2. The van der Waals surface area contributed by atoms with Crippen molar-refractivity contribution in [1.29, 1.82) is 0 Å². The summed E-state index contributed by atoms with van der Waals surface area (Å²) >= 11 is 0. The van der Waals surface area contributed by atoms with Crippen molar-refractivity contribution in [2.75, 3.05) is 5.32 Å². The summed E-state index contributed by atoms with van der Waals surface area (Å²) in [4.78, 5) is 24.3. The van der Waals surface area contributed by atoms with Gasteiger partial charge in [-0.2, -0.15) is 0 Å². The van der Waals surface area contributed by atoms with Crippen molar-refractivity contribution in [3.8, 4) is 0 Å². The second-order valence-corrected chi connectivity index (χ2v) is 7.48. The Balaban J connectivity index is 1.59. The summed E-state index contributed by atoms with van der Waals surface area (Å²) in [6, 6.07) is 16.5. The number of nitrogens with one attached hydrogen (secondary N) is 2. The third kappa shape index (κ3) is 3.70. The zero-order chi connectivity index (χ0) is 20.4. The molecule has 0 spiro atoms. The summed E-state index contributed by atoms with van der Waals surface area (Å²) in [5.41, 5.74) is 3.95. The number of hydrogen-bond acceptors (Lipinski definition) is 2. The molecule has 3 aromatic rings. The number of nitrogens with zero attached hydrogens (tertiary/aromatic N) is 1. The molecule has 0 radical (unpaired) electrons. The number of fused-ring (bicyclic) bond motifs is 3. The Kier molecular flexibility index (Phi) is 5.25. The van der Waals surface area contributed by atoms with E-state index in [1.165, 1.54) is 0 Å². The van der Waals surface area contributed by atoms with E-state index >= 15 is 0 Å². The van der Waals surface area contributed by atoms with Crippen LogP contribution in [0.5, 0.6) is 0 Å². The maximum absolute atomic E-state index is 12.4. The molecule has 2 aromatic carbocycles. The van der Waals surface area contributed by atoms with Gasteiger partial charge in [0.15, 0.2) is 0 Å². The number of carbonyl (C=O) groups excluding carboxylic acids is 1. The van der Waals surface area contributed by atoms with Gasteiger partial charge in [-0.15, -0.1) is 0 Å². The number of amides is 2. The van der Waals surface area contributed by atoms with E-state index in [-0.39, 0.29) is 12.1 Å². The Morgan fingerprint density at radius 3 is 2.59 bits per heavy atom. The van der Waals surface area contributed by atoms with Gasteiger partial charge >= 0.3 is 12.0 Å². The molecule has 1 unspecified atom stereocenters. The summed E-state index contributed by atoms with van der Waals surface area (Å²) in [7, 11) is 0. The Morgan fingerprint density at radius 2 is 1.86 bits per heavy atom. The monoisotopic (exact) mass is 391 g/mol. The predicted octanol–water partition coefficient (Wildman–Crippen LogP) is 4.36. The standard InChI is InChI=1S/C23H25N3O3/c1-2-19(22(27)28)26-20-11-7-6-10-17(20)18-14-16(12-13-21(18)26)25-23(29)24-15-8-4-3-5-9-15/h3-11,16,19H,2,12-14H2,1H3,(H,27,28)(H2,24,25,29)/t16-,19?/m0/s1. The van der Waals surface area contributed by atoms with E-state index in [0.717, 1.165) is 40.7 Å². The molecule has 3 N–H and O–H groups in total. The maximum atomic E-state index is 12.4. The molecule has 0 saturated carbocycles. The van der Waals surface area contributed by atoms with Crippen molar-refractivity contribution >= 4 is 28.6 Å². The average molecular weight is 391 g/mol. The summed E-state index contributed by atoms with van der Waals surface area (Å²) in [6.45, 7) is 1.90. The molecule has 0 saturated heterocycles. The van der Waals surface area contributed by atoms with Gasteiger partial charge in [-0.1, -0.05) is 43.3 Å². The van der Waals surface area contributed by atoms with Crippen molar-refractivity contribution in [2.24, 2.45) is 0 Å². The maximum Gasteiger partial charge on any atom is 0.326 e. The van der Waals surface area contributed by atoms with Gasteiger partial charge in [0.25, 0.3) is 0 Å². The topological polar surface area (TPSA) is 83.4 Å². The van der Waals surface area contributed by atoms with E-state index in [0.29, 0.717) is 12.8 Å². The molecule has 1 aliphatic carbocycles. The molecule has 0 fully saturated rings. The van der Waals surface area contributed by atoms with E-state index in [9.17, 15) is 14.7 Å². The van der Waals surface area contributed by atoms with Gasteiger partial charge in [-0.05, 0) is 49.4 Å². The highest BCUT2D eigenvalue weighted by molar-refractivity contribution is 5.90. The number of aromatic nitrogens is 1. The van der Waals surface area contributed by atoms with Crippen LogP contribution in [-0.2, 0) is 17.6 Å². The van der Waals surface area contributed by atoms with Crippen LogP contribution < -0.4 is 10.6 Å². The smallest absolute Gasteiger partial charge is 0.326 e. The van der Waals surface area contributed by atoms with Crippen molar-refractivity contribution in [3.05, 3.63) is 65.9 Å². The zero-order valence-corrected chi connectivity index (χ0v) is 16.4. The third-order valence-corrected chi connectivity index (χ3v) is 5.66. The van der Waals surface area contributed by atoms with Gasteiger partial charge in [0.2, 0.25) is 0 Å². The molecule has 4 rings (SSSR count). The Hall–Kier alpha value is -3.28. The quantitative estimate of drug-likeness (QED) is 0.604. The fourth-order valence-corrected chi connectivity index (χ4v) is 4.36. The van der Waals surface area contributed by atoms with Crippen LogP contribution in [0, 0.1) is 0 Å². The van der Waals surface area contributed by atoms with Crippen LogP contribution >= 0.6 is 0 Å². The van der Waals surface area contributed by atoms with Gasteiger partial charge in [-0.25, -0.2) is 9.59 Å². The highest BCUT2D eigenvalue weighted by atomic mass is 16.4. The summed E-state index contributed by atoms with van der Waals surface area (Å²) in [5, 5.41) is 16.7. The molecule has 1 aliphatic rings. The van der Waals surface area contributed by atoms with Gasteiger partial charge in [0.1, 0.15) is 6.04 Å². The Bertz CT molecular complexity index is 1040. The fourth-order valence-electron chi connectivity index (χ4n) is 4.36. The number of hydrogen-bond donors (Lipinski definition) is 3. The number of carboxylic acids is 1. The van der Waals surface area contributed by atoms with Crippen molar-refractivity contribution in [1.82, 2.24) is 9.88 Å². The number of anilines is 1. The highest BCUT2D eigenvalue weighted by Gasteiger charge is 2.30. The SMILES string of the molecule is CCC(C(=O)O)n1c2c(c3ccccc31)C[C@@H](NC(=O)Nc1ccccc1)CC2. The molecular formula is C23H25N3O3. The number of urea groups is 1. The molecule has 150 valence electrons. The molecule has 1 aromatic heterocycles. The first kappa shape index (κ1) is 19.1. The zero-order valence-electron chi connectivity index (χ0n) is 16.4. The average Bonchev–Trinajstić information content (AvgIpc) is 3.03. The lowest BCUT2D eigenvalue weighted by molar-refractivity contribution is -0.140. The first-order valence-corrected chi connectivity index (χ1v) is 10.0. The number of aliphatic carboxylic acids is 1. The third-order valence-electron chi connectivity index (χ3n) is 5.66. The number of carboxylic acid groups (broad SMARTS) is 1. The van der Waals surface area contributed by atoms with E-state index in [1.54, 1.807) is 0 Å². The van der Waals surface area contributed by atoms with Crippen LogP contribution in [0.25, 0.3) is 10.9 Å². The lowest BCUT2D eigenvalue weighted by atomic mass is 9.91. The predicted molar refractivity (Wildman–Crippen MR) is 113 cm³/mol. The first-order chi connectivity index (χ1) is 14.1. The van der Waals surface area contributed by atoms with Crippen LogP contribution in [0.4, 0.5) is 10.5 Å². The molecule has 6 nitrogen and oxygen atoms in total. The number of rotatable bonds is 5. The molecule has 0 aliphatic heterocycles. The molecule has 1 heterocycles. The Labute approximate surface area is 169 Å². The summed E-state index contributed by atoms with van der Waals surface area (Å²) in [5.74, 6) is -0.807. The van der Waals surface area contributed by atoms with E-state index in [1.807, 2.05) is 66.1 Å². The number of benzene rings is 2. The van der Waals surface area contributed by atoms with Crippen LogP contribution in [0.2, 0.25) is 0 Å². The van der Waals surface area contributed by atoms with Gasteiger partial charge in [0.05, 0.1) is 0 Å². The van der Waals surface area contributed by atoms with E-state index < -0.39 is 12.0 Å². The summed E-state index contributed by atoms with van der Waals surface area (Å²) in [6.07, 6.45) is 2.74.